The van der Waals surface area contributed by atoms with Gasteiger partial charge in [-0.3, -0.25) is 18.7 Å². The average Bonchev–Trinajstić information content (AvgIpc) is 2.68. The Morgan fingerprint density at radius 2 is 1.41 bits per heavy atom. The largest absolute Gasteiger partial charge is 0.352 e. The molecule has 0 saturated carbocycles. The van der Waals surface area contributed by atoms with Crippen molar-refractivity contribution in [2.24, 2.45) is 5.92 Å². The molecule has 0 spiro atoms. The molecule has 0 aromatic heterocycles. The van der Waals surface area contributed by atoms with E-state index in [1.807, 2.05) is 18.7 Å². The summed E-state index contributed by atoms with van der Waals surface area (Å²) in [5, 5.41) is 5.22. The summed E-state index contributed by atoms with van der Waals surface area (Å²) in [4.78, 5) is 26.6. The molecule has 0 aromatic rings. The van der Waals surface area contributed by atoms with Crippen LogP contribution in [0.5, 0.6) is 0 Å². The molecule has 1 aliphatic rings. The predicted molar refractivity (Wildman–Crippen MR) is 129 cm³/mol. The van der Waals surface area contributed by atoms with Gasteiger partial charge in [0.15, 0.2) is 0 Å². The van der Waals surface area contributed by atoms with Crippen molar-refractivity contribution in [3.05, 3.63) is 47.6 Å². The molecule has 0 aromatic carbocycles. The minimum absolute atomic E-state index is 0.0316. The van der Waals surface area contributed by atoms with Crippen molar-refractivity contribution in [2.75, 3.05) is 38.2 Å². The Balaban J connectivity index is 2.57. The smallest absolute Gasteiger partial charge is 0.266 e. The number of hydrogen-bond donors (Lipinski definition) is 4. The second-order valence-electron chi connectivity index (χ2n) is 8.17. The third-order valence-corrected chi connectivity index (χ3v) is 6.50. The third kappa shape index (κ3) is 12.8. The van der Waals surface area contributed by atoms with Crippen LogP contribution in [0.4, 0.5) is 0 Å². The van der Waals surface area contributed by atoms with Gasteiger partial charge in [-0.1, -0.05) is 19.1 Å². The fourth-order valence-corrected chi connectivity index (χ4v) is 3.88. The maximum absolute atomic E-state index is 12.6. The number of amides is 2. The molecule has 4 N–H and O–H groups in total. The highest BCUT2D eigenvalue weighted by Crippen LogP contribution is 2.11. The van der Waals surface area contributed by atoms with Gasteiger partial charge in [0.2, 0.25) is 0 Å². The molecule has 2 atom stereocenters. The molecule has 0 heterocycles. The van der Waals surface area contributed by atoms with E-state index in [9.17, 15) is 26.4 Å². The van der Waals surface area contributed by atoms with Crippen LogP contribution in [0.15, 0.2) is 47.6 Å². The van der Waals surface area contributed by atoms with E-state index in [1.54, 1.807) is 25.3 Å². The SMILES string of the molecule is CC(CNC(=O)C1=C/C=C\C=C(C(=O)NCCS(=O)(=O)O)/C=C\1)CC(C)N(C)CCS(=O)(=O)O. The van der Waals surface area contributed by atoms with E-state index in [2.05, 4.69) is 10.6 Å². The molecule has 13 heteroatoms. The maximum atomic E-state index is 12.6. The molecule has 0 fully saturated rings. The van der Waals surface area contributed by atoms with Gasteiger partial charge in [0.1, 0.15) is 0 Å². The Labute approximate surface area is 201 Å². The van der Waals surface area contributed by atoms with Crippen LogP contribution in [0, 0.1) is 5.92 Å². The van der Waals surface area contributed by atoms with E-state index in [1.165, 1.54) is 18.2 Å². The second-order valence-corrected chi connectivity index (χ2v) is 11.3. The number of nitrogens with one attached hydrogen (secondary N) is 2. The van der Waals surface area contributed by atoms with Crippen molar-refractivity contribution in [3.8, 4) is 0 Å². The van der Waals surface area contributed by atoms with Gasteiger partial charge in [0.05, 0.1) is 11.5 Å². The van der Waals surface area contributed by atoms with Crippen molar-refractivity contribution in [3.63, 3.8) is 0 Å². The molecule has 34 heavy (non-hydrogen) atoms. The summed E-state index contributed by atoms with van der Waals surface area (Å²) >= 11 is 0. The van der Waals surface area contributed by atoms with E-state index in [-0.39, 0.29) is 42.3 Å². The first kappa shape index (κ1) is 29.7. The van der Waals surface area contributed by atoms with Gasteiger partial charge in [-0.15, -0.1) is 0 Å². The Hall–Kier alpha value is -2.32. The molecule has 0 radical (unpaired) electrons. The second kappa shape index (κ2) is 13.5. The van der Waals surface area contributed by atoms with Gasteiger partial charge < -0.3 is 15.5 Å². The van der Waals surface area contributed by atoms with Crippen molar-refractivity contribution < 1.29 is 35.5 Å². The van der Waals surface area contributed by atoms with Gasteiger partial charge in [-0.05, 0) is 50.6 Å². The number of nitrogens with zero attached hydrogens (tertiary/aromatic N) is 1. The van der Waals surface area contributed by atoms with Crippen molar-refractivity contribution >= 4 is 32.1 Å². The van der Waals surface area contributed by atoms with Crippen LogP contribution in [-0.2, 0) is 29.8 Å². The predicted octanol–water partition coefficient (Wildman–Crippen LogP) is 0.320. The van der Waals surface area contributed by atoms with Gasteiger partial charge in [0, 0.05) is 36.8 Å². The van der Waals surface area contributed by atoms with Crippen molar-refractivity contribution in [1.82, 2.24) is 15.5 Å². The minimum Gasteiger partial charge on any atom is -0.352 e. The normalized spacial score (nSPS) is 21.1. The highest BCUT2D eigenvalue weighted by molar-refractivity contribution is 7.86. The molecule has 11 nitrogen and oxygen atoms in total. The summed E-state index contributed by atoms with van der Waals surface area (Å²) in [6.07, 6.45) is 9.86. The lowest BCUT2D eigenvalue weighted by atomic mass is 10.0. The monoisotopic (exact) mass is 519 g/mol. The molecular formula is C21H33N3O8S2. The van der Waals surface area contributed by atoms with E-state index in [4.69, 9.17) is 9.11 Å². The highest BCUT2D eigenvalue weighted by atomic mass is 32.2. The first-order valence-electron chi connectivity index (χ1n) is 10.6. The van der Waals surface area contributed by atoms with Crippen LogP contribution in [0.2, 0.25) is 0 Å². The minimum atomic E-state index is -4.18. The van der Waals surface area contributed by atoms with E-state index >= 15 is 0 Å². The van der Waals surface area contributed by atoms with Crippen molar-refractivity contribution in [2.45, 2.75) is 26.3 Å². The lowest BCUT2D eigenvalue weighted by Crippen LogP contribution is -2.36. The summed E-state index contributed by atoms with van der Waals surface area (Å²) in [7, 11) is -6.44. The van der Waals surface area contributed by atoms with Crippen LogP contribution in [0.25, 0.3) is 0 Å². The first-order valence-corrected chi connectivity index (χ1v) is 13.8. The Morgan fingerprint density at radius 1 is 0.912 bits per heavy atom. The fourth-order valence-electron chi connectivity index (χ4n) is 3.00. The Kier molecular flexibility index (Phi) is 11.8. The van der Waals surface area contributed by atoms with Crippen LogP contribution in [0.3, 0.4) is 0 Å². The number of carbonyl (C=O) groups excluding carboxylic acids is 2. The van der Waals surface area contributed by atoms with Crippen molar-refractivity contribution in [1.29, 1.82) is 0 Å². The maximum Gasteiger partial charge on any atom is 0.266 e. The topological polar surface area (TPSA) is 170 Å². The first-order chi connectivity index (χ1) is 15.7. The van der Waals surface area contributed by atoms with E-state index in [0.717, 1.165) is 0 Å². The summed E-state index contributed by atoms with van der Waals surface area (Å²) < 4.78 is 60.9. The van der Waals surface area contributed by atoms with Gasteiger partial charge >= 0.3 is 0 Å². The molecule has 0 saturated heterocycles. The van der Waals surface area contributed by atoms with Crippen LogP contribution < -0.4 is 10.6 Å². The highest BCUT2D eigenvalue weighted by Gasteiger charge is 2.17. The lowest BCUT2D eigenvalue weighted by Gasteiger charge is -2.26. The van der Waals surface area contributed by atoms with Gasteiger partial charge in [0.25, 0.3) is 32.1 Å². The zero-order valence-electron chi connectivity index (χ0n) is 19.5. The van der Waals surface area contributed by atoms with Crippen LogP contribution in [0.1, 0.15) is 20.3 Å². The number of hydrogen-bond acceptors (Lipinski definition) is 7. The number of allylic oxidation sites excluding steroid dienone is 4. The molecule has 192 valence electrons. The van der Waals surface area contributed by atoms with Crippen LogP contribution >= 0.6 is 0 Å². The Morgan fingerprint density at radius 3 is 1.91 bits per heavy atom. The number of rotatable bonds is 13. The van der Waals surface area contributed by atoms with E-state index < -0.39 is 31.9 Å². The molecule has 1 aliphatic carbocycles. The van der Waals surface area contributed by atoms with Gasteiger partial charge in [-0.25, -0.2) is 0 Å². The van der Waals surface area contributed by atoms with Crippen LogP contribution in [-0.4, -0.2) is 86.9 Å². The van der Waals surface area contributed by atoms with Gasteiger partial charge in [-0.2, -0.15) is 16.8 Å². The summed E-state index contributed by atoms with van der Waals surface area (Å²) in [5.74, 6) is -1.75. The summed E-state index contributed by atoms with van der Waals surface area (Å²) in [5.41, 5.74) is 0.526. The summed E-state index contributed by atoms with van der Waals surface area (Å²) in [6.45, 7) is 4.21. The lowest BCUT2D eigenvalue weighted by molar-refractivity contribution is -0.118. The third-order valence-electron chi connectivity index (χ3n) is 5.08. The van der Waals surface area contributed by atoms with E-state index in [0.29, 0.717) is 18.5 Å². The summed E-state index contributed by atoms with van der Waals surface area (Å²) in [6, 6.07) is 0.0316. The molecule has 0 aliphatic heterocycles. The molecular weight excluding hydrogens is 486 g/mol. The molecule has 0 bridgehead atoms. The standard InChI is InChI=1S/C21H33N3O8S2/c1-16(14-17(2)24(3)11-13-34(30,31)32)15-23-21(26)19-7-5-4-6-18(8-9-19)20(25)22-10-12-33(27,28)29/h4-9,16-17H,10-15H2,1-3H3,(H,22,25)(H,23,26)(H,27,28,29)(H,30,31,32)/b5-4-,6-4?,7-5?,9-8-,18-6+,18-8?,19-7+,19-9?. The molecule has 2 amide bonds. The quantitative estimate of drug-likeness (QED) is 0.250. The molecule has 2 unspecified atom stereocenters. The number of carbonyl (C=O) groups is 2. The zero-order chi connectivity index (χ0) is 25.9. The zero-order valence-corrected chi connectivity index (χ0v) is 21.1. The molecule has 1 rings (SSSR count). The average molecular weight is 520 g/mol. The Bertz CT molecular complexity index is 1060. The fraction of sp³-hybridized carbons (Fsp3) is 0.524.